The Labute approximate surface area is 97.0 Å². The van der Waals surface area contributed by atoms with E-state index in [4.69, 9.17) is 0 Å². The summed E-state index contributed by atoms with van der Waals surface area (Å²) in [6.07, 6.45) is 0.357. The van der Waals surface area contributed by atoms with Gasteiger partial charge in [0.25, 0.3) is 0 Å². The highest BCUT2D eigenvalue weighted by atomic mass is 32.2. The fourth-order valence-electron chi connectivity index (χ4n) is 1.36. The standard InChI is InChI=1S/C12H18O3S/c1-3-11(13)8-9-16(14,15)12-6-4-10(2)5-7-12/h4-7,11,13H,3,8-9H2,1-2H3. The van der Waals surface area contributed by atoms with Crippen molar-refractivity contribution in [2.45, 2.75) is 37.7 Å². The molecule has 1 atom stereocenters. The van der Waals surface area contributed by atoms with Crippen LogP contribution in [0.2, 0.25) is 0 Å². The molecule has 0 spiro atoms. The molecule has 1 rings (SSSR count). The van der Waals surface area contributed by atoms with Gasteiger partial charge in [-0.1, -0.05) is 24.6 Å². The molecule has 0 saturated heterocycles. The number of aliphatic hydroxyl groups excluding tert-OH is 1. The quantitative estimate of drug-likeness (QED) is 0.858. The monoisotopic (exact) mass is 242 g/mol. The maximum Gasteiger partial charge on any atom is 0.178 e. The molecule has 3 nitrogen and oxygen atoms in total. The van der Waals surface area contributed by atoms with Crippen LogP contribution in [0.4, 0.5) is 0 Å². The SMILES string of the molecule is CCC(O)CCS(=O)(=O)c1ccc(C)cc1. The van der Waals surface area contributed by atoms with E-state index in [1.165, 1.54) is 0 Å². The van der Waals surface area contributed by atoms with Gasteiger partial charge in [-0.15, -0.1) is 0 Å². The fourth-order valence-corrected chi connectivity index (χ4v) is 2.73. The zero-order valence-electron chi connectivity index (χ0n) is 9.68. The lowest BCUT2D eigenvalue weighted by Crippen LogP contribution is -2.14. The van der Waals surface area contributed by atoms with E-state index in [0.29, 0.717) is 17.7 Å². The molecule has 0 aliphatic heterocycles. The number of hydrogen-bond donors (Lipinski definition) is 1. The van der Waals surface area contributed by atoms with E-state index < -0.39 is 15.9 Å². The van der Waals surface area contributed by atoms with Crippen molar-refractivity contribution in [2.75, 3.05) is 5.75 Å². The number of rotatable bonds is 5. The third-order valence-electron chi connectivity index (χ3n) is 2.57. The molecule has 1 unspecified atom stereocenters. The van der Waals surface area contributed by atoms with Gasteiger partial charge in [-0.3, -0.25) is 0 Å². The van der Waals surface area contributed by atoms with Gasteiger partial charge in [0.15, 0.2) is 9.84 Å². The smallest absolute Gasteiger partial charge is 0.178 e. The molecule has 0 aliphatic rings. The van der Waals surface area contributed by atoms with E-state index in [-0.39, 0.29) is 5.75 Å². The van der Waals surface area contributed by atoms with E-state index in [0.717, 1.165) is 5.56 Å². The van der Waals surface area contributed by atoms with Gasteiger partial charge >= 0.3 is 0 Å². The maximum absolute atomic E-state index is 11.9. The van der Waals surface area contributed by atoms with Gasteiger partial charge in [-0.05, 0) is 31.9 Å². The molecule has 90 valence electrons. The first kappa shape index (κ1) is 13.2. The topological polar surface area (TPSA) is 54.4 Å². The lowest BCUT2D eigenvalue weighted by Gasteiger charge is -2.08. The largest absolute Gasteiger partial charge is 0.393 e. The first-order chi connectivity index (χ1) is 7.45. The molecule has 1 aromatic rings. The average molecular weight is 242 g/mol. The van der Waals surface area contributed by atoms with E-state index >= 15 is 0 Å². The Bertz CT molecular complexity index is 420. The Morgan fingerprint density at radius 1 is 1.25 bits per heavy atom. The third kappa shape index (κ3) is 3.61. The molecule has 0 fully saturated rings. The van der Waals surface area contributed by atoms with Crippen molar-refractivity contribution in [1.82, 2.24) is 0 Å². The Hall–Kier alpha value is -0.870. The minimum Gasteiger partial charge on any atom is -0.393 e. The van der Waals surface area contributed by atoms with Gasteiger partial charge in [0, 0.05) is 0 Å². The highest BCUT2D eigenvalue weighted by Crippen LogP contribution is 2.14. The van der Waals surface area contributed by atoms with Gasteiger partial charge in [0.05, 0.1) is 16.8 Å². The molecule has 0 saturated carbocycles. The van der Waals surface area contributed by atoms with Crippen LogP contribution in [0.3, 0.4) is 0 Å². The molecule has 0 radical (unpaired) electrons. The summed E-state index contributed by atoms with van der Waals surface area (Å²) in [5, 5.41) is 9.35. The minimum absolute atomic E-state index is 0.00503. The van der Waals surface area contributed by atoms with Crippen molar-refractivity contribution in [2.24, 2.45) is 0 Å². The predicted octanol–water partition coefficient (Wildman–Crippen LogP) is 1.93. The van der Waals surface area contributed by atoms with Crippen LogP contribution in [0.5, 0.6) is 0 Å². The Balaban J connectivity index is 2.74. The van der Waals surface area contributed by atoms with Gasteiger partial charge < -0.3 is 5.11 Å². The number of aliphatic hydroxyl groups is 1. The van der Waals surface area contributed by atoms with Crippen LogP contribution in [0.1, 0.15) is 25.3 Å². The summed E-state index contributed by atoms with van der Waals surface area (Å²) in [6, 6.07) is 6.79. The Morgan fingerprint density at radius 3 is 2.31 bits per heavy atom. The molecule has 0 bridgehead atoms. The van der Waals surface area contributed by atoms with E-state index in [9.17, 15) is 13.5 Å². The third-order valence-corrected chi connectivity index (χ3v) is 4.33. The van der Waals surface area contributed by atoms with Gasteiger partial charge in [0.1, 0.15) is 0 Å². The molecule has 0 aliphatic carbocycles. The number of sulfone groups is 1. The second kappa shape index (κ2) is 5.46. The van der Waals surface area contributed by atoms with Crippen LogP contribution in [-0.4, -0.2) is 25.4 Å². The van der Waals surface area contributed by atoms with Crippen LogP contribution < -0.4 is 0 Å². The minimum atomic E-state index is -3.24. The molecular weight excluding hydrogens is 224 g/mol. The summed E-state index contributed by atoms with van der Waals surface area (Å²) in [6.45, 7) is 3.75. The molecule has 16 heavy (non-hydrogen) atoms. The summed E-state index contributed by atoms with van der Waals surface area (Å²) < 4.78 is 23.7. The van der Waals surface area contributed by atoms with Crippen LogP contribution in [0.25, 0.3) is 0 Å². The summed E-state index contributed by atoms with van der Waals surface area (Å²) in [5.41, 5.74) is 1.03. The normalized spacial score (nSPS) is 13.7. The van der Waals surface area contributed by atoms with Crippen molar-refractivity contribution < 1.29 is 13.5 Å². The van der Waals surface area contributed by atoms with E-state index in [1.54, 1.807) is 24.3 Å². The number of benzene rings is 1. The summed E-state index contributed by atoms with van der Waals surface area (Å²) in [7, 11) is -3.24. The lowest BCUT2D eigenvalue weighted by atomic mass is 10.2. The first-order valence-corrected chi connectivity index (χ1v) is 7.08. The second-order valence-electron chi connectivity index (χ2n) is 3.98. The van der Waals surface area contributed by atoms with Crippen LogP contribution >= 0.6 is 0 Å². The molecule has 0 aromatic heterocycles. The number of hydrogen-bond acceptors (Lipinski definition) is 3. The van der Waals surface area contributed by atoms with Crippen LogP contribution in [0.15, 0.2) is 29.2 Å². The maximum atomic E-state index is 11.9. The average Bonchev–Trinajstić information content (AvgIpc) is 2.26. The van der Waals surface area contributed by atoms with Gasteiger partial charge in [0.2, 0.25) is 0 Å². The fraction of sp³-hybridized carbons (Fsp3) is 0.500. The zero-order chi connectivity index (χ0) is 12.2. The van der Waals surface area contributed by atoms with Gasteiger partial charge in [-0.2, -0.15) is 0 Å². The summed E-state index contributed by atoms with van der Waals surface area (Å²) >= 11 is 0. The summed E-state index contributed by atoms with van der Waals surface area (Å²) in [4.78, 5) is 0.335. The van der Waals surface area contributed by atoms with Crippen molar-refractivity contribution in [3.8, 4) is 0 Å². The van der Waals surface area contributed by atoms with Crippen molar-refractivity contribution in [3.05, 3.63) is 29.8 Å². The van der Waals surface area contributed by atoms with Gasteiger partial charge in [-0.25, -0.2) is 8.42 Å². The zero-order valence-corrected chi connectivity index (χ0v) is 10.5. The molecule has 1 N–H and O–H groups in total. The molecule has 0 amide bonds. The summed E-state index contributed by atoms with van der Waals surface area (Å²) in [5.74, 6) is 0.00503. The Kier molecular flexibility index (Phi) is 4.50. The highest BCUT2D eigenvalue weighted by molar-refractivity contribution is 7.91. The Morgan fingerprint density at radius 2 is 1.81 bits per heavy atom. The molecular formula is C12H18O3S. The second-order valence-corrected chi connectivity index (χ2v) is 6.09. The molecule has 1 aromatic carbocycles. The van der Waals surface area contributed by atoms with Crippen LogP contribution in [0, 0.1) is 6.92 Å². The van der Waals surface area contributed by atoms with E-state index in [2.05, 4.69) is 0 Å². The molecule has 0 heterocycles. The van der Waals surface area contributed by atoms with Crippen molar-refractivity contribution in [3.63, 3.8) is 0 Å². The molecule has 4 heteroatoms. The first-order valence-electron chi connectivity index (χ1n) is 5.43. The number of aryl methyl sites for hydroxylation is 1. The van der Waals surface area contributed by atoms with E-state index in [1.807, 2.05) is 13.8 Å². The highest BCUT2D eigenvalue weighted by Gasteiger charge is 2.15. The van der Waals surface area contributed by atoms with Crippen molar-refractivity contribution in [1.29, 1.82) is 0 Å². The van der Waals surface area contributed by atoms with Crippen LogP contribution in [-0.2, 0) is 9.84 Å². The predicted molar refractivity (Wildman–Crippen MR) is 64.1 cm³/mol. The van der Waals surface area contributed by atoms with Crippen molar-refractivity contribution >= 4 is 9.84 Å². The lowest BCUT2D eigenvalue weighted by molar-refractivity contribution is 0.167.